The van der Waals surface area contributed by atoms with Gasteiger partial charge in [0.25, 0.3) is 0 Å². The monoisotopic (exact) mass is 328 g/mol. The van der Waals surface area contributed by atoms with Gasteiger partial charge >= 0.3 is 0 Å². The molecule has 3 nitrogen and oxygen atoms in total. The molecule has 1 aromatic heterocycles. The zero-order chi connectivity index (χ0) is 14.1. The van der Waals surface area contributed by atoms with Crippen LogP contribution in [0.5, 0.6) is 0 Å². The molecule has 0 amide bonds. The number of hydrogen-bond acceptors (Lipinski definition) is 3. The first-order valence-electron chi connectivity index (χ1n) is 6.31. The predicted molar refractivity (Wildman–Crippen MR) is 82.3 cm³/mol. The van der Waals surface area contributed by atoms with Crippen LogP contribution in [0.15, 0.2) is 51.5 Å². The maximum Gasteiger partial charge on any atom is 0.223 e. The van der Waals surface area contributed by atoms with Gasteiger partial charge in [-0.3, -0.25) is 0 Å². The van der Waals surface area contributed by atoms with Crippen molar-refractivity contribution in [3.05, 3.63) is 58.4 Å². The van der Waals surface area contributed by atoms with E-state index in [0.717, 1.165) is 15.6 Å². The summed E-state index contributed by atoms with van der Waals surface area (Å²) in [5.41, 5.74) is 4.51. The second kappa shape index (κ2) is 5.21. The largest absolute Gasteiger partial charge is 0.339 e. The summed E-state index contributed by atoms with van der Waals surface area (Å²) in [5.74, 6) is 1.20. The third-order valence-electron chi connectivity index (χ3n) is 3.23. The van der Waals surface area contributed by atoms with Gasteiger partial charge in [-0.2, -0.15) is 4.98 Å². The Labute approximate surface area is 125 Å². The maximum atomic E-state index is 5.04. The molecule has 2 aromatic carbocycles. The zero-order valence-electron chi connectivity index (χ0n) is 11.2. The second-order valence-electron chi connectivity index (χ2n) is 4.63. The summed E-state index contributed by atoms with van der Waals surface area (Å²) in [6.07, 6.45) is 0. The van der Waals surface area contributed by atoms with Crippen molar-refractivity contribution in [1.29, 1.82) is 0 Å². The summed E-state index contributed by atoms with van der Waals surface area (Å²) >= 11 is 3.57. The fourth-order valence-corrected chi connectivity index (χ4v) is 2.53. The molecule has 0 spiro atoms. The average molecular weight is 329 g/mol. The van der Waals surface area contributed by atoms with Gasteiger partial charge in [-0.1, -0.05) is 51.4 Å². The average Bonchev–Trinajstić information content (AvgIpc) is 2.89. The van der Waals surface area contributed by atoms with E-state index in [1.807, 2.05) is 24.3 Å². The van der Waals surface area contributed by atoms with Crippen molar-refractivity contribution in [2.24, 2.45) is 0 Å². The van der Waals surface area contributed by atoms with Crippen LogP contribution in [0, 0.1) is 13.8 Å². The molecule has 0 atom stereocenters. The van der Waals surface area contributed by atoms with E-state index in [-0.39, 0.29) is 0 Å². The lowest BCUT2D eigenvalue weighted by atomic mass is 9.99. The maximum absolute atomic E-state index is 5.04. The van der Waals surface area contributed by atoms with Crippen molar-refractivity contribution in [3.8, 4) is 22.5 Å². The van der Waals surface area contributed by atoms with Gasteiger partial charge in [-0.05, 0) is 35.7 Å². The molecule has 3 aromatic rings. The lowest BCUT2D eigenvalue weighted by Gasteiger charge is -2.08. The Hall–Kier alpha value is -1.94. The van der Waals surface area contributed by atoms with Gasteiger partial charge in [-0.15, -0.1) is 0 Å². The summed E-state index contributed by atoms with van der Waals surface area (Å²) in [7, 11) is 0. The fourth-order valence-electron chi connectivity index (χ4n) is 2.16. The number of hydrogen-bond donors (Lipinski definition) is 0. The predicted octanol–water partition coefficient (Wildman–Crippen LogP) is 4.78. The van der Waals surface area contributed by atoms with E-state index in [1.165, 1.54) is 11.1 Å². The summed E-state index contributed by atoms with van der Waals surface area (Å²) in [6, 6.07) is 14.4. The standard InChI is InChI=1S/C16H13BrN2O/c1-10-14(7-4-8-15(10)17)12-5-3-6-13(9-12)16-18-11(2)20-19-16/h3-9H,1-2H3. The number of halogens is 1. The first kappa shape index (κ1) is 13.1. The van der Waals surface area contributed by atoms with Crippen LogP contribution in [0.4, 0.5) is 0 Å². The third kappa shape index (κ3) is 2.39. The van der Waals surface area contributed by atoms with Gasteiger partial charge in [0.05, 0.1) is 0 Å². The Bertz CT molecular complexity index is 765. The van der Waals surface area contributed by atoms with Gasteiger partial charge in [-0.25, -0.2) is 0 Å². The first-order valence-corrected chi connectivity index (χ1v) is 7.10. The SMILES string of the molecule is Cc1nc(-c2cccc(-c3cccc(Br)c3C)c2)no1. The Morgan fingerprint density at radius 3 is 2.50 bits per heavy atom. The van der Waals surface area contributed by atoms with Crippen molar-refractivity contribution in [1.82, 2.24) is 10.1 Å². The first-order chi connectivity index (χ1) is 9.65. The van der Waals surface area contributed by atoms with E-state index in [1.54, 1.807) is 6.92 Å². The summed E-state index contributed by atoms with van der Waals surface area (Å²) in [4.78, 5) is 4.27. The van der Waals surface area contributed by atoms with Crippen molar-refractivity contribution in [2.45, 2.75) is 13.8 Å². The minimum absolute atomic E-state index is 0.573. The van der Waals surface area contributed by atoms with Crippen LogP contribution in [-0.2, 0) is 0 Å². The van der Waals surface area contributed by atoms with Gasteiger partial charge in [0.15, 0.2) is 0 Å². The van der Waals surface area contributed by atoms with Crippen LogP contribution in [0.2, 0.25) is 0 Å². The minimum Gasteiger partial charge on any atom is -0.339 e. The Morgan fingerprint density at radius 2 is 1.75 bits per heavy atom. The van der Waals surface area contributed by atoms with E-state index in [9.17, 15) is 0 Å². The van der Waals surface area contributed by atoms with Crippen LogP contribution in [-0.4, -0.2) is 10.1 Å². The summed E-state index contributed by atoms with van der Waals surface area (Å²) in [5, 5.41) is 3.97. The molecule has 0 saturated carbocycles. The summed E-state index contributed by atoms with van der Waals surface area (Å²) in [6.45, 7) is 3.89. The molecule has 0 aliphatic rings. The number of aromatic nitrogens is 2. The number of nitrogens with zero attached hydrogens (tertiary/aromatic N) is 2. The Kier molecular flexibility index (Phi) is 3.40. The summed E-state index contributed by atoms with van der Waals surface area (Å²) < 4.78 is 6.15. The van der Waals surface area contributed by atoms with E-state index < -0.39 is 0 Å². The van der Waals surface area contributed by atoms with Gasteiger partial charge in [0, 0.05) is 17.0 Å². The molecule has 0 bridgehead atoms. The molecule has 0 aliphatic heterocycles. The van der Waals surface area contributed by atoms with E-state index >= 15 is 0 Å². The highest BCUT2D eigenvalue weighted by Gasteiger charge is 2.09. The molecule has 20 heavy (non-hydrogen) atoms. The molecule has 0 N–H and O–H groups in total. The van der Waals surface area contributed by atoms with Crippen molar-refractivity contribution >= 4 is 15.9 Å². The van der Waals surface area contributed by atoms with E-state index in [4.69, 9.17) is 4.52 Å². The molecule has 100 valence electrons. The smallest absolute Gasteiger partial charge is 0.223 e. The molecule has 1 heterocycles. The number of rotatable bonds is 2. The normalized spacial score (nSPS) is 10.8. The molecular formula is C16H13BrN2O. The van der Waals surface area contributed by atoms with Gasteiger partial charge < -0.3 is 4.52 Å². The Balaban J connectivity index is 2.10. The van der Waals surface area contributed by atoms with Crippen molar-refractivity contribution in [3.63, 3.8) is 0 Å². The fraction of sp³-hybridized carbons (Fsp3) is 0.125. The molecule has 0 radical (unpaired) electrons. The highest BCUT2D eigenvalue weighted by molar-refractivity contribution is 9.10. The van der Waals surface area contributed by atoms with E-state index in [0.29, 0.717) is 11.7 Å². The molecule has 0 saturated heterocycles. The van der Waals surface area contributed by atoms with Crippen LogP contribution in [0.25, 0.3) is 22.5 Å². The van der Waals surface area contributed by atoms with Gasteiger partial charge in [0.1, 0.15) is 0 Å². The zero-order valence-corrected chi connectivity index (χ0v) is 12.8. The van der Waals surface area contributed by atoms with Crippen molar-refractivity contribution < 1.29 is 4.52 Å². The van der Waals surface area contributed by atoms with Crippen molar-refractivity contribution in [2.75, 3.05) is 0 Å². The second-order valence-corrected chi connectivity index (χ2v) is 5.48. The highest BCUT2D eigenvalue weighted by atomic mass is 79.9. The molecular weight excluding hydrogens is 316 g/mol. The van der Waals surface area contributed by atoms with Crippen LogP contribution in [0.3, 0.4) is 0 Å². The molecule has 0 fully saturated rings. The molecule has 0 unspecified atom stereocenters. The number of aryl methyl sites for hydroxylation is 1. The topological polar surface area (TPSA) is 38.9 Å². The van der Waals surface area contributed by atoms with Crippen LogP contribution >= 0.6 is 15.9 Å². The third-order valence-corrected chi connectivity index (χ3v) is 4.09. The van der Waals surface area contributed by atoms with Gasteiger partial charge in [0.2, 0.25) is 11.7 Å². The Morgan fingerprint density at radius 1 is 1.00 bits per heavy atom. The van der Waals surface area contributed by atoms with Crippen LogP contribution in [0.1, 0.15) is 11.5 Å². The highest BCUT2D eigenvalue weighted by Crippen LogP contribution is 2.30. The van der Waals surface area contributed by atoms with E-state index in [2.05, 4.69) is 51.2 Å². The lowest BCUT2D eigenvalue weighted by molar-refractivity contribution is 0.394. The lowest BCUT2D eigenvalue weighted by Crippen LogP contribution is -1.87. The van der Waals surface area contributed by atoms with Crippen LogP contribution < -0.4 is 0 Å². The molecule has 4 heteroatoms. The quantitative estimate of drug-likeness (QED) is 0.679. The minimum atomic E-state index is 0.573. The molecule has 0 aliphatic carbocycles. The number of benzene rings is 2. The molecule has 3 rings (SSSR count).